The maximum absolute atomic E-state index is 12.1. The normalized spacial score (nSPS) is 10.4. The first kappa shape index (κ1) is 12.4. The Bertz CT molecular complexity index is 580. The molecule has 0 aliphatic carbocycles. The van der Waals surface area contributed by atoms with E-state index in [1.807, 2.05) is 45.9 Å². The van der Waals surface area contributed by atoms with Crippen LogP contribution in [0.1, 0.15) is 32.9 Å². The van der Waals surface area contributed by atoms with Gasteiger partial charge in [-0.15, -0.1) is 0 Å². The Labute approximate surface area is 106 Å². The first-order chi connectivity index (χ1) is 8.49. The zero-order chi connectivity index (χ0) is 13.3. The lowest BCUT2D eigenvalue weighted by Crippen LogP contribution is -2.13. The first-order valence-corrected chi connectivity index (χ1v) is 5.89. The van der Waals surface area contributed by atoms with Gasteiger partial charge in [-0.3, -0.25) is 9.89 Å². The molecule has 0 spiro atoms. The highest BCUT2D eigenvalue weighted by atomic mass is 16.1. The van der Waals surface area contributed by atoms with E-state index in [9.17, 15) is 4.79 Å². The van der Waals surface area contributed by atoms with Crippen LogP contribution in [0.25, 0.3) is 0 Å². The van der Waals surface area contributed by atoms with E-state index in [-0.39, 0.29) is 5.91 Å². The molecule has 0 fully saturated rings. The predicted octanol–water partition coefficient (Wildman–Crippen LogP) is 2.90. The van der Waals surface area contributed by atoms with Crippen LogP contribution in [-0.4, -0.2) is 16.1 Å². The van der Waals surface area contributed by atoms with Gasteiger partial charge in [0.15, 0.2) is 0 Å². The van der Waals surface area contributed by atoms with Crippen LogP contribution in [0.2, 0.25) is 0 Å². The summed E-state index contributed by atoms with van der Waals surface area (Å²) in [6, 6.07) is 5.69. The fourth-order valence-corrected chi connectivity index (χ4v) is 1.80. The Morgan fingerprint density at radius 3 is 2.44 bits per heavy atom. The van der Waals surface area contributed by atoms with E-state index < -0.39 is 0 Å². The van der Waals surface area contributed by atoms with Crippen LogP contribution in [0.4, 0.5) is 5.69 Å². The molecule has 1 aromatic carbocycles. The SMILES string of the molecule is Cc1ccc(C(=O)Nc2c(C)n[nH]c2C)cc1C. The van der Waals surface area contributed by atoms with E-state index in [4.69, 9.17) is 0 Å². The van der Waals surface area contributed by atoms with Gasteiger partial charge in [-0.25, -0.2) is 0 Å². The van der Waals surface area contributed by atoms with Crippen molar-refractivity contribution >= 4 is 11.6 Å². The van der Waals surface area contributed by atoms with E-state index in [0.29, 0.717) is 5.56 Å². The number of benzene rings is 1. The lowest BCUT2D eigenvalue weighted by molar-refractivity contribution is 0.102. The van der Waals surface area contributed by atoms with Crippen LogP contribution in [0.3, 0.4) is 0 Å². The number of hydrogen-bond acceptors (Lipinski definition) is 2. The number of anilines is 1. The van der Waals surface area contributed by atoms with Crippen molar-refractivity contribution in [1.82, 2.24) is 10.2 Å². The molecule has 4 nitrogen and oxygen atoms in total. The minimum absolute atomic E-state index is 0.106. The number of aromatic amines is 1. The van der Waals surface area contributed by atoms with Gasteiger partial charge in [-0.05, 0) is 51.0 Å². The van der Waals surface area contributed by atoms with Crippen molar-refractivity contribution in [1.29, 1.82) is 0 Å². The van der Waals surface area contributed by atoms with Crippen molar-refractivity contribution in [3.05, 3.63) is 46.3 Å². The molecule has 0 saturated carbocycles. The second-order valence-electron chi connectivity index (χ2n) is 4.56. The Hall–Kier alpha value is -2.10. The van der Waals surface area contributed by atoms with E-state index in [1.165, 1.54) is 5.56 Å². The highest BCUT2D eigenvalue weighted by Gasteiger charge is 2.12. The first-order valence-electron chi connectivity index (χ1n) is 5.89. The third-order valence-corrected chi connectivity index (χ3v) is 3.14. The van der Waals surface area contributed by atoms with E-state index in [1.54, 1.807) is 0 Å². The summed E-state index contributed by atoms with van der Waals surface area (Å²) in [5.74, 6) is -0.106. The van der Waals surface area contributed by atoms with Crippen molar-refractivity contribution in [2.45, 2.75) is 27.7 Å². The molecule has 94 valence electrons. The summed E-state index contributed by atoms with van der Waals surface area (Å²) in [5.41, 5.74) is 5.39. The lowest BCUT2D eigenvalue weighted by Gasteiger charge is -2.07. The summed E-state index contributed by atoms with van der Waals surface area (Å²) in [4.78, 5) is 12.1. The van der Waals surface area contributed by atoms with Crippen molar-refractivity contribution in [2.75, 3.05) is 5.32 Å². The second-order valence-corrected chi connectivity index (χ2v) is 4.56. The second kappa shape index (κ2) is 4.64. The topological polar surface area (TPSA) is 57.8 Å². The number of amides is 1. The molecule has 1 amide bonds. The zero-order valence-electron chi connectivity index (χ0n) is 11.1. The molecule has 4 heteroatoms. The zero-order valence-corrected chi connectivity index (χ0v) is 11.1. The van der Waals surface area contributed by atoms with Crippen LogP contribution >= 0.6 is 0 Å². The Morgan fingerprint density at radius 2 is 1.89 bits per heavy atom. The molecule has 0 saturated heterocycles. The largest absolute Gasteiger partial charge is 0.319 e. The quantitative estimate of drug-likeness (QED) is 0.852. The summed E-state index contributed by atoms with van der Waals surface area (Å²) in [6.07, 6.45) is 0. The minimum atomic E-state index is -0.106. The summed E-state index contributed by atoms with van der Waals surface area (Å²) in [6.45, 7) is 7.78. The molecule has 0 radical (unpaired) electrons. The number of hydrogen-bond donors (Lipinski definition) is 2. The number of rotatable bonds is 2. The molecule has 2 rings (SSSR count). The molecule has 1 aromatic heterocycles. The highest BCUT2D eigenvalue weighted by molar-refractivity contribution is 6.05. The highest BCUT2D eigenvalue weighted by Crippen LogP contribution is 2.18. The van der Waals surface area contributed by atoms with Gasteiger partial charge in [0.2, 0.25) is 0 Å². The number of aryl methyl sites for hydroxylation is 4. The summed E-state index contributed by atoms with van der Waals surface area (Å²) in [7, 11) is 0. The summed E-state index contributed by atoms with van der Waals surface area (Å²) < 4.78 is 0. The van der Waals surface area contributed by atoms with Gasteiger partial charge in [0.05, 0.1) is 17.1 Å². The van der Waals surface area contributed by atoms with Crippen LogP contribution in [-0.2, 0) is 0 Å². The third-order valence-electron chi connectivity index (χ3n) is 3.14. The number of aromatic nitrogens is 2. The monoisotopic (exact) mass is 243 g/mol. The maximum Gasteiger partial charge on any atom is 0.255 e. The average molecular weight is 243 g/mol. The predicted molar refractivity (Wildman–Crippen MR) is 71.9 cm³/mol. The third kappa shape index (κ3) is 2.27. The lowest BCUT2D eigenvalue weighted by atomic mass is 10.1. The summed E-state index contributed by atoms with van der Waals surface area (Å²) >= 11 is 0. The smallest absolute Gasteiger partial charge is 0.255 e. The molecule has 0 bridgehead atoms. The van der Waals surface area contributed by atoms with Crippen molar-refractivity contribution in [3.8, 4) is 0 Å². The minimum Gasteiger partial charge on any atom is -0.319 e. The van der Waals surface area contributed by atoms with E-state index in [0.717, 1.165) is 22.6 Å². The molecular formula is C14H17N3O. The Morgan fingerprint density at radius 1 is 1.17 bits per heavy atom. The van der Waals surface area contributed by atoms with Gasteiger partial charge < -0.3 is 5.32 Å². The van der Waals surface area contributed by atoms with Crippen LogP contribution < -0.4 is 5.32 Å². The Balaban J connectivity index is 2.25. The van der Waals surface area contributed by atoms with Gasteiger partial charge in [-0.1, -0.05) is 6.07 Å². The summed E-state index contributed by atoms with van der Waals surface area (Å²) in [5, 5.41) is 9.79. The fourth-order valence-electron chi connectivity index (χ4n) is 1.80. The fraction of sp³-hybridized carbons (Fsp3) is 0.286. The molecule has 1 heterocycles. The Kier molecular flexibility index (Phi) is 3.19. The van der Waals surface area contributed by atoms with Crippen molar-refractivity contribution < 1.29 is 4.79 Å². The number of H-pyrrole nitrogens is 1. The van der Waals surface area contributed by atoms with Gasteiger partial charge in [0, 0.05) is 5.56 Å². The maximum atomic E-state index is 12.1. The van der Waals surface area contributed by atoms with Gasteiger partial charge in [0.25, 0.3) is 5.91 Å². The van der Waals surface area contributed by atoms with E-state index >= 15 is 0 Å². The van der Waals surface area contributed by atoms with Crippen LogP contribution in [0, 0.1) is 27.7 Å². The van der Waals surface area contributed by atoms with E-state index in [2.05, 4.69) is 15.5 Å². The number of carbonyl (C=O) groups excluding carboxylic acids is 1. The molecule has 2 N–H and O–H groups in total. The standard InChI is InChI=1S/C14H17N3O/c1-8-5-6-12(7-9(8)2)14(18)15-13-10(3)16-17-11(13)4/h5-7H,1-4H3,(H,15,18)(H,16,17). The molecule has 0 unspecified atom stereocenters. The molecule has 0 aliphatic rings. The van der Waals surface area contributed by atoms with Crippen molar-refractivity contribution in [3.63, 3.8) is 0 Å². The van der Waals surface area contributed by atoms with Gasteiger partial charge in [0.1, 0.15) is 0 Å². The molecule has 18 heavy (non-hydrogen) atoms. The number of nitrogens with one attached hydrogen (secondary N) is 2. The molecule has 0 aliphatic heterocycles. The molecule has 2 aromatic rings. The van der Waals surface area contributed by atoms with Crippen LogP contribution in [0.5, 0.6) is 0 Å². The van der Waals surface area contributed by atoms with Crippen LogP contribution in [0.15, 0.2) is 18.2 Å². The van der Waals surface area contributed by atoms with Gasteiger partial charge in [-0.2, -0.15) is 5.10 Å². The molecular weight excluding hydrogens is 226 g/mol. The number of carbonyl (C=O) groups is 1. The number of nitrogens with zero attached hydrogens (tertiary/aromatic N) is 1. The average Bonchev–Trinajstić information content (AvgIpc) is 2.64. The van der Waals surface area contributed by atoms with Gasteiger partial charge >= 0.3 is 0 Å². The van der Waals surface area contributed by atoms with Crippen molar-refractivity contribution in [2.24, 2.45) is 0 Å². The molecule has 0 atom stereocenters.